The van der Waals surface area contributed by atoms with Crippen LogP contribution in [-0.4, -0.2) is 26.9 Å². The number of anilines is 1. The first-order valence-electron chi connectivity index (χ1n) is 7.81. The van der Waals surface area contributed by atoms with Crippen molar-refractivity contribution in [3.63, 3.8) is 0 Å². The molecule has 0 aliphatic heterocycles. The van der Waals surface area contributed by atoms with Crippen LogP contribution in [0.5, 0.6) is 0 Å². The normalized spacial score (nSPS) is 19.5. The van der Waals surface area contributed by atoms with Gasteiger partial charge in [-0.1, -0.05) is 25.2 Å². The van der Waals surface area contributed by atoms with Gasteiger partial charge in [-0.2, -0.15) is 5.10 Å². The summed E-state index contributed by atoms with van der Waals surface area (Å²) in [6.45, 7) is 4.13. The lowest BCUT2D eigenvalue weighted by molar-refractivity contribution is 0.0915. The van der Waals surface area contributed by atoms with E-state index in [1.165, 1.54) is 11.3 Å². The summed E-state index contributed by atoms with van der Waals surface area (Å²) in [6.07, 6.45) is 3.59. The quantitative estimate of drug-likeness (QED) is 0.905. The maximum atomic E-state index is 12.3. The van der Waals surface area contributed by atoms with Crippen molar-refractivity contribution in [2.24, 2.45) is 5.41 Å². The number of H-pyrrole nitrogens is 1. The third-order valence-corrected chi connectivity index (χ3v) is 5.36. The Hall–Kier alpha value is -2.02. The minimum atomic E-state index is -0.286. The predicted octanol–water partition coefficient (Wildman–Crippen LogP) is 3.15. The zero-order valence-corrected chi connectivity index (χ0v) is 13.9. The maximum absolute atomic E-state index is 12.3. The van der Waals surface area contributed by atoms with E-state index in [1.807, 2.05) is 0 Å². The van der Waals surface area contributed by atoms with Crippen LogP contribution in [-0.2, 0) is 6.42 Å². The molecule has 6 nitrogen and oxygen atoms in total. The number of nitrogens with one attached hydrogen (secondary N) is 2. The SMILES string of the molecule is CC1(C)CC(=O)c2sc(NC(=O)c3cc(C4CC4)[nH]n3)nc2C1. The highest BCUT2D eigenvalue weighted by Gasteiger charge is 2.34. The molecule has 2 N–H and O–H groups in total. The maximum Gasteiger partial charge on any atom is 0.277 e. The van der Waals surface area contributed by atoms with E-state index in [9.17, 15) is 9.59 Å². The topological polar surface area (TPSA) is 87.7 Å². The van der Waals surface area contributed by atoms with E-state index in [1.54, 1.807) is 6.07 Å². The molecule has 0 saturated heterocycles. The Labute approximate surface area is 137 Å². The lowest BCUT2D eigenvalue weighted by Gasteiger charge is -2.26. The second-order valence-corrected chi connectivity index (χ2v) is 8.17. The molecule has 1 amide bonds. The molecule has 0 spiro atoms. The van der Waals surface area contributed by atoms with Crippen molar-refractivity contribution in [1.29, 1.82) is 0 Å². The van der Waals surface area contributed by atoms with Crippen LogP contribution in [0.4, 0.5) is 5.13 Å². The van der Waals surface area contributed by atoms with Crippen LogP contribution in [0.25, 0.3) is 0 Å². The van der Waals surface area contributed by atoms with E-state index in [4.69, 9.17) is 0 Å². The molecular formula is C16H18N4O2S. The summed E-state index contributed by atoms with van der Waals surface area (Å²) in [7, 11) is 0. The predicted molar refractivity (Wildman–Crippen MR) is 87.1 cm³/mol. The molecule has 1 saturated carbocycles. The number of aromatic nitrogens is 3. The van der Waals surface area contributed by atoms with Crippen molar-refractivity contribution in [3.05, 3.63) is 28.0 Å². The molecule has 2 heterocycles. The van der Waals surface area contributed by atoms with Gasteiger partial charge in [0.05, 0.1) is 10.6 Å². The van der Waals surface area contributed by atoms with Gasteiger partial charge in [-0.3, -0.25) is 20.0 Å². The Bertz CT molecular complexity index is 801. The molecule has 0 bridgehead atoms. The highest BCUT2D eigenvalue weighted by atomic mass is 32.1. The van der Waals surface area contributed by atoms with Crippen LogP contribution < -0.4 is 5.32 Å². The number of carbonyl (C=O) groups is 2. The number of fused-ring (bicyclic) bond motifs is 1. The molecular weight excluding hydrogens is 312 g/mol. The van der Waals surface area contributed by atoms with Crippen LogP contribution in [0, 0.1) is 5.41 Å². The van der Waals surface area contributed by atoms with Gasteiger partial charge in [0.25, 0.3) is 5.91 Å². The molecule has 1 fully saturated rings. The van der Waals surface area contributed by atoms with E-state index in [2.05, 4.69) is 34.3 Å². The van der Waals surface area contributed by atoms with Gasteiger partial charge >= 0.3 is 0 Å². The summed E-state index contributed by atoms with van der Waals surface area (Å²) >= 11 is 1.26. The molecule has 2 aromatic heterocycles. The van der Waals surface area contributed by atoms with Crippen LogP contribution in [0.15, 0.2) is 6.07 Å². The number of hydrogen-bond acceptors (Lipinski definition) is 5. The molecule has 0 atom stereocenters. The Balaban J connectivity index is 1.52. The van der Waals surface area contributed by atoms with Crippen molar-refractivity contribution in [2.75, 3.05) is 5.32 Å². The lowest BCUT2D eigenvalue weighted by Crippen LogP contribution is -2.26. The standard InChI is InChI=1S/C16H18N4O2S/c1-16(2)6-11-13(12(21)7-16)23-15(17-11)18-14(22)10-5-9(19-20-10)8-3-4-8/h5,8H,3-4,6-7H2,1-2H3,(H,19,20)(H,17,18,22). The Morgan fingerprint density at radius 1 is 1.39 bits per heavy atom. The third kappa shape index (κ3) is 2.81. The van der Waals surface area contributed by atoms with E-state index >= 15 is 0 Å². The molecule has 2 aliphatic carbocycles. The minimum Gasteiger partial charge on any atom is -0.296 e. The second kappa shape index (κ2) is 4.99. The second-order valence-electron chi connectivity index (χ2n) is 7.17. The smallest absolute Gasteiger partial charge is 0.277 e. The zero-order valence-electron chi connectivity index (χ0n) is 13.1. The average molecular weight is 330 g/mol. The number of thiazole rings is 1. The number of carbonyl (C=O) groups excluding carboxylic acids is 2. The highest BCUT2D eigenvalue weighted by Crippen LogP contribution is 2.40. The zero-order chi connectivity index (χ0) is 16.2. The summed E-state index contributed by atoms with van der Waals surface area (Å²) in [5, 5.41) is 10.2. The number of hydrogen-bond donors (Lipinski definition) is 2. The largest absolute Gasteiger partial charge is 0.296 e. The van der Waals surface area contributed by atoms with Crippen LogP contribution in [0.1, 0.15) is 70.6 Å². The number of Topliss-reactive ketones (excluding diaryl/α,β-unsaturated/α-hetero) is 1. The van der Waals surface area contributed by atoms with Crippen LogP contribution in [0.3, 0.4) is 0 Å². The molecule has 4 rings (SSSR count). The van der Waals surface area contributed by atoms with Crippen LogP contribution >= 0.6 is 11.3 Å². The fourth-order valence-corrected chi connectivity index (χ4v) is 3.91. The number of nitrogens with zero attached hydrogens (tertiary/aromatic N) is 2. The van der Waals surface area contributed by atoms with Gasteiger partial charge < -0.3 is 0 Å². The first-order valence-corrected chi connectivity index (χ1v) is 8.62. The molecule has 2 aliphatic rings. The van der Waals surface area contributed by atoms with Gasteiger partial charge in [0, 0.05) is 18.0 Å². The molecule has 120 valence electrons. The summed E-state index contributed by atoms with van der Waals surface area (Å²) in [4.78, 5) is 29.6. The summed E-state index contributed by atoms with van der Waals surface area (Å²) < 4.78 is 0. The van der Waals surface area contributed by atoms with Gasteiger partial charge in [0.1, 0.15) is 0 Å². The molecule has 2 aromatic rings. The molecule has 0 aromatic carbocycles. The number of aromatic amines is 1. The third-order valence-electron chi connectivity index (χ3n) is 4.30. The van der Waals surface area contributed by atoms with E-state index in [0.29, 0.717) is 28.0 Å². The number of ketones is 1. The Morgan fingerprint density at radius 2 is 2.17 bits per heavy atom. The number of amides is 1. The first-order chi connectivity index (χ1) is 10.9. The van der Waals surface area contributed by atoms with Gasteiger partial charge in [-0.15, -0.1) is 0 Å². The summed E-state index contributed by atoms with van der Waals surface area (Å²) in [6, 6.07) is 1.80. The van der Waals surface area contributed by atoms with E-state index < -0.39 is 0 Å². The molecule has 0 unspecified atom stereocenters. The van der Waals surface area contributed by atoms with E-state index in [0.717, 1.165) is 30.7 Å². The average Bonchev–Trinajstić information content (AvgIpc) is 3.04. The summed E-state index contributed by atoms with van der Waals surface area (Å²) in [5.74, 6) is 0.354. The van der Waals surface area contributed by atoms with Gasteiger partial charge in [0.15, 0.2) is 16.6 Å². The number of rotatable bonds is 3. The molecule has 0 radical (unpaired) electrons. The van der Waals surface area contributed by atoms with Gasteiger partial charge in [-0.05, 0) is 30.7 Å². The fraction of sp³-hybridized carbons (Fsp3) is 0.500. The Morgan fingerprint density at radius 3 is 2.91 bits per heavy atom. The van der Waals surface area contributed by atoms with Crippen molar-refractivity contribution in [1.82, 2.24) is 15.2 Å². The highest BCUT2D eigenvalue weighted by molar-refractivity contribution is 7.17. The summed E-state index contributed by atoms with van der Waals surface area (Å²) in [5.41, 5.74) is 2.12. The monoisotopic (exact) mass is 330 g/mol. The molecule has 23 heavy (non-hydrogen) atoms. The van der Waals surface area contributed by atoms with Crippen molar-refractivity contribution >= 4 is 28.2 Å². The van der Waals surface area contributed by atoms with E-state index in [-0.39, 0.29) is 17.1 Å². The van der Waals surface area contributed by atoms with Crippen molar-refractivity contribution < 1.29 is 9.59 Å². The van der Waals surface area contributed by atoms with Crippen molar-refractivity contribution in [3.8, 4) is 0 Å². The minimum absolute atomic E-state index is 0.0687. The van der Waals surface area contributed by atoms with Gasteiger partial charge in [0.2, 0.25) is 0 Å². The van der Waals surface area contributed by atoms with Crippen molar-refractivity contribution in [2.45, 2.75) is 45.4 Å². The fourth-order valence-electron chi connectivity index (χ4n) is 2.99. The lowest BCUT2D eigenvalue weighted by atomic mass is 9.78. The molecule has 7 heteroatoms. The first kappa shape index (κ1) is 14.6. The van der Waals surface area contributed by atoms with Crippen LogP contribution in [0.2, 0.25) is 0 Å². The Kier molecular flexibility index (Phi) is 3.16. The van der Waals surface area contributed by atoms with Gasteiger partial charge in [-0.25, -0.2) is 4.98 Å².